The van der Waals surface area contributed by atoms with Crippen molar-refractivity contribution in [3.63, 3.8) is 0 Å². The maximum absolute atomic E-state index is 13.7. The van der Waals surface area contributed by atoms with Crippen LogP contribution in [-0.2, 0) is 11.2 Å². The number of rotatable bonds is 6. The van der Waals surface area contributed by atoms with Crippen LogP contribution in [0.2, 0.25) is 0 Å². The van der Waals surface area contributed by atoms with Gasteiger partial charge in [0.2, 0.25) is 5.91 Å². The summed E-state index contributed by atoms with van der Waals surface area (Å²) in [5, 5.41) is 0. The largest absolute Gasteiger partial charge is 0.337 e. The van der Waals surface area contributed by atoms with Crippen LogP contribution in [0.5, 0.6) is 0 Å². The molecule has 1 atom stereocenters. The van der Waals surface area contributed by atoms with E-state index in [1.807, 2.05) is 36.4 Å². The molecular formula is C27H26FN3O2. The van der Waals surface area contributed by atoms with E-state index in [1.54, 1.807) is 34.3 Å². The number of amides is 2. The summed E-state index contributed by atoms with van der Waals surface area (Å²) in [4.78, 5) is 34.2. The zero-order valence-corrected chi connectivity index (χ0v) is 18.4. The summed E-state index contributed by atoms with van der Waals surface area (Å²) in [6, 6.07) is 17.5. The molecule has 0 N–H and O–H groups in total. The van der Waals surface area contributed by atoms with Gasteiger partial charge in [-0.2, -0.15) is 0 Å². The highest BCUT2D eigenvalue weighted by Crippen LogP contribution is 2.27. The molecule has 2 amide bonds. The maximum Gasteiger partial charge on any atom is 0.254 e. The SMILES string of the molecule is C=CCN1CCN(C(=O)c2cccc(F)c2)C[C@H](Cc2ccccc2-c2cccnc2)C1=O. The fourth-order valence-electron chi connectivity index (χ4n) is 4.29. The normalized spacial score (nSPS) is 16.4. The molecule has 1 aliphatic heterocycles. The van der Waals surface area contributed by atoms with Crippen LogP contribution in [-0.4, -0.2) is 52.8 Å². The van der Waals surface area contributed by atoms with Crippen molar-refractivity contribution in [3.8, 4) is 11.1 Å². The first-order valence-electron chi connectivity index (χ1n) is 11.0. The summed E-state index contributed by atoms with van der Waals surface area (Å²) in [6.07, 6.45) is 5.70. The standard InChI is InChI=1S/C27H26FN3O2/c1-2-13-30-14-15-31(26(32)21-8-5-10-24(28)17-21)19-23(27(30)33)16-20-7-3-4-11-25(20)22-9-6-12-29-18-22/h2-12,17-18,23H,1,13-16,19H2/t23-/m0/s1. The molecule has 2 aromatic carbocycles. The van der Waals surface area contributed by atoms with Gasteiger partial charge in [-0.3, -0.25) is 14.6 Å². The van der Waals surface area contributed by atoms with Crippen LogP contribution < -0.4 is 0 Å². The van der Waals surface area contributed by atoms with Gasteiger partial charge in [-0.05, 0) is 41.8 Å². The Bertz CT molecular complexity index is 1150. The van der Waals surface area contributed by atoms with Gasteiger partial charge >= 0.3 is 0 Å². The van der Waals surface area contributed by atoms with Crippen molar-refractivity contribution >= 4 is 11.8 Å². The molecule has 33 heavy (non-hydrogen) atoms. The lowest BCUT2D eigenvalue weighted by molar-refractivity contribution is -0.134. The quantitative estimate of drug-likeness (QED) is 0.536. The zero-order chi connectivity index (χ0) is 23.2. The number of aromatic nitrogens is 1. The van der Waals surface area contributed by atoms with Gasteiger partial charge in [-0.1, -0.05) is 42.5 Å². The summed E-state index contributed by atoms with van der Waals surface area (Å²) in [5.41, 5.74) is 3.29. The Balaban J connectivity index is 1.64. The van der Waals surface area contributed by atoms with Crippen molar-refractivity contribution in [1.29, 1.82) is 0 Å². The van der Waals surface area contributed by atoms with Gasteiger partial charge in [0, 0.05) is 49.7 Å². The number of halogens is 1. The van der Waals surface area contributed by atoms with Crippen molar-refractivity contribution in [1.82, 2.24) is 14.8 Å². The molecule has 168 valence electrons. The van der Waals surface area contributed by atoms with Crippen LogP contribution in [0.4, 0.5) is 4.39 Å². The predicted molar refractivity (Wildman–Crippen MR) is 126 cm³/mol. The smallest absolute Gasteiger partial charge is 0.254 e. The Morgan fingerprint density at radius 3 is 2.73 bits per heavy atom. The number of benzene rings is 2. The zero-order valence-electron chi connectivity index (χ0n) is 18.4. The van der Waals surface area contributed by atoms with Crippen LogP contribution in [0.25, 0.3) is 11.1 Å². The fourth-order valence-corrected chi connectivity index (χ4v) is 4.29. The van der Waals surface area contributed by atoms with Crippen LogP contribution in [0.15, 0.2) is 85.7 Å². The monoisotopic (exact) mass is 443 g/mol. The second-order valence-electron chi connectivity index (χ2n) is 8.13. The molecule has 6 heteroatoms. The third kappa shape index (κ3) is 5.17. The Labute approximate surface area is 193 Å². The Kier molecular flexibility index (Phi) is 6.93. The molecule has 0 spiro atoms. The Morgan fingerprint density at radius 2 is 1.97 bits per heavy atom. The van der Waals surface area contributed by atoms with Gasteiger partial charge < -0.3 is 9.80 Å². The van der Waals surface area contributed by atoms with Crippen LogP contribution in [0, 0.1) is 11.7 Å². The molecule has 0 saturated carbocycles. The second kappa shape index (κ2) is 10.2. The van der Waals surface area contributed by atoms with Crippen LogP contribution >= 0.6 is 0 Å². The summed E-state index contributed by atoms with van der Waals surface area (Å²) < 4.78 is 13.7. The van der Waals surface area contributed by atoms with E-state index >= 15 is 0 Å². The first kappa shape index (κ1) is 22.4. The molecule has 1 aliphatic rings. The van der Waals surface area contributed by atoms with Crippen molar-refractivity contribution in [2.24, 2.45) is 5.92 Å². The minimum Gasteiger partial charge on any atom is -0.337 e. The highest BCUT2D eigenvalue weighted by atomic mass is 19.1. The topological polar surface area (TPSA) is 53.5 Å². The number of hydrogen-bond acceptors (Lipinski definition) is 3. The Hall–Kier alpha value is -3.80. The lowest BCUT2D eigenvalue weighted by atomic mass is 9.91. The van der Waals surface area contributed by atoms with E-state index in [2.05, 4.69) is 11.6 Å². The van der Waals surface area contributed by atoms with E-state index in [-0.39, 0.29) is 23.9 Å². The Morgan fingerprint density at radius 1 is 1.12 bits per heavy atom. The molecule has 0 bridgehead atoms. The number of pyridine rings is 1. The van der Waals surface area contributed by atoms with Crippen molar-refractivity contribution in [2.75, 3.05) is 26.2 Å². The molecule has 1 saturated heterocycles. The molecule has 5 nitrogen and oxygen atoms in total. The van der Waals surface area contributed by atoms with Crippen molar-refractivity contribution < 1.29 is 14.0 Å². The predicted octanol–water partition coefficient (Wildman–Crippen LogP) is 4.22. The first-order chi connectivity index (χ1) is 16.1. The van der Waals surface area contributed by atoms with Gasteiger partial charge in [0.05, 0.1) is 5.92 Å². The summed E-state index contributed by atoms with van der Waals surface area (Å²) in [5.74, 6) is -1.16. The van der Waals surface area contributed by atoms with E-state index in [0.717, 1.165) is 16.7 Å². The average molecular weight is 444 g/mol. The second-order valence-corrected chi connectivity index (χ2v) is 8.13. The maximum atomic E-state index is 13.7. The minimum absolute atomic E-state index is 0.00886. The fraction of sp³-hybridized carbons (Fsp3) is 0.222. The number of carbonyl (C=O) groups excluding carboxylic acids is 2. The van der Waals surface area contributed by atoms with Crippen molar-refractivity contribution in [2.45, 2.75) is 6.42 Å². The van der Waals surface area contributed by atoms with E-state index < -0.39 is 11.7 Å². The molecule has 2 heterocycles. The highest BCUT2D eigenvalue weighted by molar-refractivity contribution is 5.95. The molecule has 0 radical (unpaired) electrons. The van der Waals surface area contributed by atoms with Gasteiger partial charge in [0.15, 0.2) is 0 Å². The third-order valence-electron chi connectivity index (χ3n) is 5.91. The van der Waals surface area contributed by atoms with Gasteiger partial charge in [-0.15, -0.1) is 6.58 Å². The average Bonchev–Trinajstić information content (AvgIpc) is 2.99. The highest BCUT2D eigenvalue weighted by Gasteiger charge is 2.32. The van der Waals surface area contributed by atoms with Crippen LogP contribution in [0.1, 0.15) is 15.9 Å². The van der Waals surface area contributed by atoms with Gasteiger partial charge in [-0.25, -0.2) is 4.39 Å². The lowest BCUT2D eigenvalue weighted by Gasteiger charge is -2.24. The number of hydrogen-bond donors (Lipinski definition) is 0. The van der Waals surface area contributed by atoms with Crippen molar-refractivity contribution in [3.05, 3.63) is 103 Å². The number of nitrogens with zero attached hydrogens (tertiary/aromatic N) is 3. The molecular weight excluding hydrogens is 417 g/mol. The van der Waals surface area contributed by atoms with Gasteiger partial charge in [0.25, 0.3) is 5.91 Å². The van der Waals surface area contributed by atoms with Crippen LogP contribution in [0.3, 0.4) is 0 Å². The van der Waals surface area contributed by atoms with E-state index in [0.29, 0.717) is 26.1 Å². The lowest BCUT2D eigenvalue weighted by Crippen LogP contribution is -2.38. The molecule has 3 aromatic rings. The minimum atomic E-state index is -0.456. The first-order valence-corrected chi connectivity index (χ1v) is 11.0. The summed E-state index contributed by atoms with van der Waals surface area (Å²) in [6.45, 7) is 5.25. The number of carbonyl (C=O) groups is 2. The molecule has 4 rings (SSSR count). The molecule has 1 fully saturated rings. The van der Waals surface area contributed by atoms with E-state index in [9.17, 15) is 14.0 Å². The summed E-state index contributed by atoms with van der Waals surface area (Å²) in [7, 11) is 0. The van der Waals surface area contributed by atoms with E-state index in [1.165, 1.54) is 18.2 Å². The molecule has 0 aliphatic carbocycles. The third-order valence-corrected chi connectivity index (χ3v) is 5.91. The summed E-state index contributed by atoms with van der Waals surface area (Å²) >= 11 is 0. The molecule has 1 aromatic heterocycles. The molecule has 0 unspecified atom stereocenters. The van der Waals surface area contributed by atoms with E-state index in [4.69, 9.17) is 0 Å². The van der Waals surface area contributed by atoms with Gasteiger partial charge in [0.1, 0.15) is 5.82 Å².